The molecule has 0 radical (unpaired) electrons. The largest absolute Gasteiger partial charge is 1.00 e. The zero-order valence-electron chi connectivity index (χ0n) is 23.7. The molecule has 0 amide bonds. The number of imidazole rings is 2. The van der Waals surface area contributed by atoms with E-state index in [0.29, 0.717) is 5.69 Å². The number of aromatic nitrogens is 5. The number of aliphatic hydroxyl groups excluding tert-OH is 1. The Labute approximate surface area is 245 Å². The number of nitrogens with one attached hydrogen (secondary N) is 1. The van der Waals surface area contributed by atoms with Crippen molar-refractivity contribution in [3.8, 4) is 11.3 Å². The SMILES string of the molecule is CC(C)c1ccc(S(=O)(=O)c2nc3c(=O)n4cc(-c5ccccc5)[nH]c4nc3n2[C@@H]2OC3COP(=O)([O-])O[C@H]3C2O)cc1.[H+]. The highest BCUT2D eigenvalue weighted by Gasteiger charge is 2.52. The van der Waals surface area contributed by atoms with Gasteiger partial charge < -0.3 is 28.8 Å². The second-order valence-corrected chi connectivity index (χ2v) is 13.9. The molecule has 0 saturated carbocycles. The number of sulfone groups is 1. The summed E-state index contributed by atoms with van der Waals surface area (Å²) in [4.78, 5) is 37.5. The maximum atomic E-state index is 14.1. The van der Waals surface area contributed by atoms with Gasteiger partial charge in [-0.15, -0.1) is 0 Å². The fraction of sp³-hybridized carbons (Fsp3) is 0.296. The summed E-state index contributed by atoms with van der Waals surface area (Å²) in [6, 6.07) is 15.4. The predicted octanol–water partition coefficient (Wildman–Crippen LogP) is 2.25. The molecule has 3 unspecified atom stereocenters. The number of fused-ring (bicyclic) bond motifs is 3. The number of aromatic amines is 1. The highest BCUT2D eigenvalue weighted by Crippen LogP contribution is 2.50. The molecule has 5 aromatic rings. The van der Waals surface area contributed by atoms with E-state index in [4.69, 9.17) is 13.8 Å². The van der Waals surface area contributed by atoms with Crippen LogP contribution in [0.5, 0.6) is 0 Å². The molecule has 2 aliphatic heterocycles. The average Bonchev–Trinajstić information content (AvgIpc) is 3.67. The van der Waals surface area contributed by atoms with Gasteiger partial charge in [-0.1, -0.05) is 56.3 Å². The van der Waals surface area contributed by atoms with Gasteiger partial charge in [0.2, 0.25) is 20.8 Å². The lowest BCUT2D eigenvalue weighted by molar-refractivity contribution is -0.245. The van der Waals surface area contributed by atoms with Crippen LogP contribution in [-0.2, 0) is 28.2 Å². The normalized spacial score (nSPS) is 26.0. The van der Waals surface area contributed by atoms with Crippen LogP contribution in [0.3, 0.4) is 0 Å². The highest BCUT2D eigenvalue weighted by molar-refractivity contribution is 7.91. The van der Waals surface area contributed by atoms with Gasteiger partial charge in [0.1, 0.15) is 18.3 Å². The standard InChI is InChI=1S/C27H26N5O9PS/c1-14(2)15-8-10-17(11-9-15)43(37,38)27-29-20-23(32(27)25-21(33)22-19(40-25)13-39-42(35,36)41-22)30-26-28-18(12-31(26)24(20)34)16-6-4-3-5-7-16/h3-12,14,19,21-22,25,33H,13H2,1-2H3,(H,28,30)(H,35,36)/t19?,21?,22-,25-/m1/s1. The van der Waals surface area contributed by atoms with Crippen LogP contribution in [0.15, 0.2) is 75.6 Å². The molecular formula is C27H26N5O9PS. The smallest absolute Gasteiger partial charge is 0.756 e. The van der Waals surface area contributed by atoms with Crippen molar-refractivity contribution >= 4 is 34.6 Å². The van der Waals surface area contributed by atoms with Crippen molar-refractivity contribution in [2.24, 2.45) is 0 Å². The van der Waals surface area contributed by atoms with Crippen molar-refractivity contribution in [2.45, 2.75) is 54.4 Å². The summed E-state index contributed by atoms with van der Waals surface area (Å²) in [7, 11) is -9.15. The third-order valence-electron chi connectivity index (χ3n) is 7.61. The number of H-pyrrole nitrogens is 1. The lowest BCUT2D eigenvalue weighted by Gasteiger charge is -2.34. The maximum absolute atomic E-state index is 14.1. The van der Waals surface area contributed by atoms with Crippen LogP contribution in [0, 0.1) is 0 Å². The minimum absolute atomic E-state index is 0. The van der Waals surface area contributed by atoms with E-state index in [1.54, 1.807) is 12.1 Å². The number of hydrogen-bond acceptors (Lipinski definition) is 11. The first-order valence-corrected chi connectivity index (χ1v) is 16.3. The van der Waals surface area contributed by atoms with Crippen molar-refractivity contribution in [1.82, 2.24) is 23.9 Å². The van der Waals surface area contributed by atoms with E-state index in [0.717, 1.165) is 15.7 Å². The van der Waals surface area contributed by atoms with Crippen LogP contribution in [-0.4, -0.2) is 62.4 Å². The number of phosphoric ester groups is 1. The summed E-state index contributed by atoms with van der Waals surface area (Å²) in [6.45, 7) is 3.48. The number of hydrogen-bond donors (Lipinski definition) is 2. The summed E-state index contributed by atoms with van der Waals surface area (Å²) in [5.41, 5.74) is 1.09. The molecule has 5 atom stereocenters. The van der Waals surface area contributed by atoms with Crippen molar-refractivity contribution in [3.63, 3.8) is 0 Å². The van der Waals surface area contributed by atoms with Crippen molar-refractivity contribution in [3.05, 3.63) is 76.7 Å². The second kappa shape index (κ2) is 9.92. The van der Waals surface area contributed by atoms with E-state index in [-0.39, 0.29) is 29.2 Å². The van der Waals surface area contributed by atoms with Gasteiger partial charge in [-0.25, -0.2) is 17.8 Å². The van der Waals surface area contributed by atoms with E-state index < -0.39 is 59.5 Å². The van der Waals surface area contributed by atoms with Crippen molar-refractivity contribution in [2.75, 3.05) is 6.61 Å². The molecule has 0 aliphatic carbocycles. The molecule has 7 rings (SSSR count). The lowest BCUT2D eigenvalue weighted by Crippen LogP contribution is -2.41. The Kier molecular flexibility index (Phi) is 6.48. The number of phosphoric acid groups is 1. The quantitative estimate of drug-likeness (QED) is 0.272. The molecule has 2 saturated heterocycles. The van der Waals surface area contributed by atoms with Gasteiger partial charge in [-0.2, -0.15) is 4.98 Å². The monoisotopic (exact) mass is 627 g/mol. The van der Waals surface area contributed by atoms with Crippen LogP contribution < -0.4 is 10.5 Å². The lowest BCUT2D eigenvalue weighted by atomic mass is 10.0. The first-order valence-electron chi connectivity index (χ1n) is 13.4. The molecule has 2 N–H and O–H groups in total. The average molecular weight is 628 g/mol. The number of rotatable bonds is 5. The Bertz CT molecular complexity index is 2100. The first-order chi connectivity index (χ1) is 20.4. The van der Waals surface area contributed by atoms with E-state index in [2.05, 4.69) is 15.0 Å². The molecule has 43 heavy (non-hydrogen) atoms. The zero-order valence-corrected chi connectivity index (χ0v) is 24.4. The van der Waals surface area contributed by atoms with Crippen LogP contribution in [0.4, 0.5) is 0 Å². The van der Waals surface area contributed by atoms with Crippen LogP contribution >= 0.6 is 7.82 Å². The summed E-state index contributed by atoms with van der Waals surface area (Å²) in [6.07, 6.45) is -4.15. The Hall–Kier alpha value is -3.69. The van der Waals surface area contributed by atoms with Gasteiger partial charge in [0.25, 0.3) is 13.4 Å². The van der Waals surface area contributed by atoms with Gasteiger partial charge in [0.05, 0.1) is 17.2 Å². The number of aliphatic hydroxyl groups is 1. The van der Waals surface area contributed by atoms with Crippen LogP contribution in [0.25, 0.3) is 28.2 Å². The summed E-state index contributed by atoms with van der Waals surface area (Å²) >= 11 is 0. The second-order valence-electron chi connectivity index (χ2n) is 10.7. The van der Waals surface area contributed by atoms with E-state index in [1.807, 2.05) is 44.2 Å². The molecule has 2 aromatic carbocycles. The fourth-order valence-electron chi connectivity index (χ4n) is 5.37. The van der Waals surface area contributed by atoms with Crippen molar-refractivity contribution < 1.29 is 38.2 Å². The number of ether oxygens (including phenoxy) is 1. The van der Waals surface area contributed by atoms with Gasteiger partial charge in [0.15, 0.2) is 17.4 Å². The molecule has 3 aromatic heterocycles. The fourth-order valence-corrected chi connectivity index (χ4v) is 7.69. The number of nitrogens with zero attached hydrogens (tertiary/aromatic N) is 4. The van der Waals surface area contributed by atoms with E-state index in [1.165, 1.54) is 22.7 Å². The molecule has 224 valence electrons. The van der Waals surface area contributed by atoms with E-state index in [9.17, 15) is 27.8 Å². The Morgan fingerprint density at radius 2 is 1.86 bits per heavy atom. The maximum Gasteiger partial charge on any atom is 1.00 e. The van der Waals surface area contributed by atoms with Gasteiger partial charge in [-0.3, -0.25) is 13.9 Å². The molecule has 14 nitrogen and oxygen atoms in total. The summed E-state index contributed by atoms with van der Waals surface area (Å²) in [5, 5.41) is 10.6. The topological polar surface area (TPSA) is 190 Å². The molecule has 0 spiro atoms. The summed E-state index contributed by atoms with van der Waals surface area (Å²) < 4.78 is 57.9. The Balaban J connectivity index is 0.00000343. The Morgan fingerprint density at radius 1 is 1.14 bits per heavy atom. The molecular weight excluding hydrogens is 601 g/mol. The highest BCUT2D eigenvalue weighted by atomic mass is 32.2. The molecule has 2 fully saturated rings. The molecule has 2 aliphatic rings. The molecule has 5 heterocycles. The van der Waals surface area contributed by atoms with Gasteiger partial charge in [0, 0.05) is 6.20 Å². The first kappa shape index (κ1) is 28.1. The van der Waals surface area contributed by atoms with Gasteiger partial charge >= 0.3 is 1.43 Å². The predicted molar refractivity (Wildman–Crippen MR) is 150 cm³/mol. The van der Waals surface area contributed by atoms with E-state index >= 15 is 0 Å². The third-order valence-corrected chi connectivity index (χ3v) is 10.2. The minimum atomic E-state index is -4.72. The number of benzene rings is 2. The van der Waals surface area contributed by atoms with Crippen LogP contribution in [0.2, 0.25) is 0 Å². The molecule has 0 bridgehead atoms. The third kappa shape index (κ3) is 4.55. The summed E-state index contributed by atoms with van der Waals surface area (Å²) in [5.74, 6) is 0.232. The zero-order chi connectivity index (χ0) is 30.3. The van der Waals surface area contributed by atoms with Crippen molar-refractivity contribution in [1.29, 1.82) is 0 Å². The van der Waals surface area contributed by atoms with Crippen LogP contribution in [0.1, 0.15) is 33.0 Å². The molecule has 16 heteroatoms. The minimum Gasteiger partial charge on any atom is -0.756 e. The Morgan fingerprint density at radius 3 is 2.56 bits per heavy atom. The van der Waals surface area contributed by atoms with Gasteiger partial charge in [-0.05, 0) is 29.2 Å².